The second-order valence-electron chi connectivity index (χ2n) is 5.05. The van der Waals surface area contributed by atoms with E-state index in [1.54, 1.807) is 19.9 Å². The Labute approximate surface area is 121 Å². The van der Waals surface area contributed by atoms with Gasteiger partial charge in [-0.15, -0.1) is 5.10 Å². The van der Waals surface area contributed by atoms with Crippen molar-refractivity contribution in [2.75, 3.05) is 0 Å². The number of aryl methyl sites for hydroxylation is 1. The minimum atomic E-state index is -1.01. The normalized spacial score (nSPS) is 16.3. The van der Waals surface area contributed by atoms with Crippen LogP contribution in [-0.2, 0) is 9.53 Å². The standard InChI is InChI=1S/C14H17N3O4/c1-6(2)21-13-9(12(18)16-17-13)5-10-7(3)11(14(19)20)8(4)15-10/h5-6,15H,1-4H3,(H,16,18)(H,19,20). The van der Waals surface area contributed by atoms with Crippen LogP contribution in [0.2, 0.25) is 0 Å². The molecule has 0 spiro atoms. The van der Waals surface area contributed by atoms with Crippen LogP contribution in [-0.4, -0.2) is 34.0 Å². The van der Waals surface area contributed by atoms with Gasteiger partial charge in [0.2, 0.25) is 5.90 Å². The molecule has 0 aliphatic carbocycles. The Morgan fingerprint density at radius 3 is 2.57 bits per heavy atom. The quantitative estimate of drug-likeness (QED) is 0.735. The van der Waals surface area contributed by atoms with E-state index in [2.05, 4.69) is 15.5 Å². The summed E-state index contributed by atoms with van der Waals surface area (Å²) in [6.07, 6.45) is 1.43. The van der Waals surface area contributed by atoms with Crippen LogP contribution in [0.15, 0.2) is 10.7 Å². The molecule has 7 heteroatoms. The van der Waals surface area contributed by atoms with Gasteiger partial charge in [-0.2, -0.15) is 0 Å². The number of carboxylic acid groups (broad SMARTS) is 1. The SMILES string of the molecule is Cc1[nH]c(C=C2C(=O)NN=C2OC(C)C)c(C)c1C(=O)O. The van der Waals surface area contributed by atoms with Gasteiger partial charge >= 0.3 is 5.97 Å². The summed E-state index contributed by atoms with van der Waals surface area (Å²) in [5.41, 5.74) is 4.47. The number of hydrogen-bond donors (Lipinski definition) is 3. The summed E-state index contributed by atoms with van der Waals surface area (Å²) in [6.45, 7) is 7.02. The molecule has 2 rings (SSSR count). The van der Waals surface area contributed by atoms with Gasteiger partial charge in [0.1, 0.15) is 5.57 Å². The van der Waals surface area contributed by atoms with Crippen LogP contribution >= 0.6 is 0 Å². The number of carbonyl (C=O) groups is 2. The molecule has 7 nitrogen and oxygen atoms in total. The van der Waals surface area contributed by atoms with E-state index in [1.807, 2.05) is 13.8 Å². The van der Waals surface area contributed by atoms with Crippen molar-refractivity contribution in [2.24, 2.45) is 5.10 Å². The molecule has 1 aliphatic rings. The molecule has 0 radical (unpaired) electrons. The van der Waals surface area contributed by atoms with Crippen molar-refractivity contribution in [3.63, 3.8) is 0 Å². The van der Waals surface area contributed by atoms with Crippen LogP contribution in [0.3, 0.4) is 0 Å². The summed E-state index contributed by atoms with van der Waals surface area (Å²) >= 11 is 0. The van der Waals surface area contributed by atoms with Gasteiger partial charge < -0.3 is 14.8 Å². The highest BCUT2D eigenvalue weighted by Crippen LogP contribution is 2.22. The van der Waals surface area contributed by atoms with Crippen LogP contribution in [0.5, 0.6) is 0 Å². The molecule has 1 amide bonds. The molecule has 0 saturated heterocycles. The summed E-state index contributed by atoms with van der Waals surface area (Å²) in [5.74, 6) is -1.18. The first-order valence-electron chi connectivity index (χ1n) is 6.50. The highest BCUT2D eigenvalue weighted by molar-refractivity contribution is 6.24. The molecule has 0 bridgehead atoms. The number of rotatable bonds is 3. The molecule has 21 heavy (non-hydrogen) atoms. The Balaban J connectivity index is 2.43. The molecule has 3 N–H and O–H groups in total. The Bertz CT molecular complexity index is 668. The predicted molar refractivity (Wildman–Crippen MR) is 77.0 cm³/mol. The first-order chi connectivity index (χ1) is 9.81. The van der Waals surface area contributed by atoms with Crippen molar-refractivity contribution in [1.29, 1.82) is 0 Å². The molecule has 0 fully saturated rings. The average Bonchev–Trinajstić information content (AvgIpc) is 2.83. The summed E-state index contributed by atoms with van der Waals surface area (Å²) in [7, 11) is 0. The summed E-state index contributed by atoms with van der Waals surface area (Å²) in [5, 5.41) is 13.0. The molecule has 1 aromatic rings. The Morgan fingerprint density at radius 1 is 1.38 bits per heavy atom. The molecule has 1 aromatic heterocycles. The number of amides is 1. The Kier molecular flexibility index (Phi) is 3.84. The molecule has 1 aliphatic heterocycles. The number of hydrogen-bond acceptors (Lipinski definition) is 4. The zero-order chi connectivity index (χ0) is 15.7. The second-order valence-corrected chi connectivity index (χ2v) is 5.05. The van der Waals surface area contributed by atoms with Gasteiger partial charge in [0, 0.05) is 11.4 Å². The van der Waals surface area contributed by atoms with Crippen LogP contribution in [0.1, 0.15) is 41.2 Å². The number of H-pyrrole nitrogens is 1. The lowest BCUT2D eigenvalue weighted by molar-refractivity contribution is -0.116. The van der Waals surface area contributed by atoms with E-state index in [1.165, 1.54) is 0 Å². The number of nitrogens with zero attached hydrogens (tertiary/aromatic N) is 1. The lowest BCUT2D eigenvalue weighted by atomic mass is 10.1. The molecule has 0 saturated carbocycles. The zero-order valence-electron chi connectivity index (χ0n) is 12.3. The van der Waals surface area contributed by atoms with Crippen molar-refractivity contribution < 1.29 is 19.4 Å². The van der Waals surface area contributed by atoms with Gasteiger partial charge in [0.05, 0.1) is 11.7 Å². The van der Waals surface area contributed by atoms with Crippen LogP contribution in [0, 0.1) is 13.8 Å². The van der Waals surface area contributed by atoms with E-state index in [0.717, 1.165) is 0 Å². The maximum atomic E-state index is 11.8. The van der Waals surface area contributed by atoms with Crippen molar-refractivity contribution in [1.82, 2.24) is 10.4 Å². The Hall–Kier alpha value is -2.57. The molecular weight excluding hydrogens is 274 g/mol. The van der Waals surface area contributed by atoms with E-state index < -0.39 is 5.97 Å². The van der Waals surface area contributed by atoms with Crippen molar-refractivity contribution >= 4 is 23.9 Å². The number of aromatic amines is 1. The molecule has 0 unspecified atom stereocenters. The number of carboxylic acids is 1. The first-order valence-corrected chi connectivity index (χ1v) is 6.50. The Morgan fingerprint density at radius 2 is 2.05 bits per heavy atom. The number of nitrogens with one attached hydrogen (secondary N) is 2. The van der Waals surface area contributed by atoms with E-state index in [9.17, 15) is 14.7 Å². The summed E-state index contributed by atoms with van der Waals surface area (Å²) in [6, 6.07) is 0. The van der Waals surface area contributed by atoms with Gasteiger partial charge in [0.15, 0.2) is 0 Å². The maximum absolute atomic E-state index is 11.8. The summed E-state index contributed by atoms with van der Waals surface area (Å²) in [4.78, 5) is 26.0. The van der Waals surface area contributed by atoms with Crippen molar-refractivity contribution in [2.45, 2.75) is 33.8 Å². The van der Waals surface area contributed by atoms with E-state index in [4.69, 9.17) is 4.74 Å². The number of hydrazone groups is 1. The number of carbonyl (C=O) groups excluding carboxylic acids is 1. The van der Waals surface area contributed by atoms with Gasteiger partial charge in [0.25, 0.3) is 5.91 Å². The lowest BCUT2D eigenvalue weighted by Crippen LogP contribution is -2.16. The van der Waals surface area contributed by atoms with Crippen molar-refractivity contribution in [3.8, 4) is 0 Å². The van der Waals surface area contributed by atoms with Crippen LogP contribution in [0.25, 0.3) is 6.08 Å². The fourth-order valence-electron chi connectivity index (χ4n) is 2.14. The molecule has 0 aromatic carbocycles. The highest BCUT2D eigenvalue weighted by Gasteiger charge is 2.26. The molecular formula is C14H17N3O4. The van der Waals surface area contributed by atoms with Crippen molar-refractivity contribution in [3.05, 3.63) is 28.1 Å². The zero-order valence-corrected chi connectivity index (χ0v) is 12.3. The van der Waals surface area contributed by atoms with E-state index in [-0.39, 0.29) is 29.0 Å². The molecule has 2 heterocycles. The first kappa shape index (κ1) is 14.8. The van der Waals surface area contributed by atoms with Gasteiger partial charge in [-0.05, 0) is 39.3 Å². The maximum Gasteiger partial charge on any atom is 0.337 e. The monoisotopic (exact) mass is 291 g/mol. The largest absolute Gasteiger partial charge is 0.478 e. The number of aromatic nitrogens is 1. The van der Waals surface area contributed by atoms with Crippen LogP contribution < -0.4 is 5.43 Å². The van der Waals surface area contributed by atoms with Gasteiger partial charge in [-0.1, -0.05) is 0 Å². The highest BCUT2D eigenvalue weighted by atomic mass is 16.5. The summed E-state index contributed by atoms with van der Waals surface area (Å²) < 4.78 is 5.46. The third-order valence-corrected chi connectivity index (χ3v) is 3.06. The third kappa shape index (κ3) is 2.81. The average molecular weight is 291 g/mol. The predicted octanol–water partition coefficient (Wildman–Crippen LogP) is 1.58. The fraction of sp³-hybridized carbons (Fsp3) is 0.357. The molecule has 112 valence electrons. The minimum Gasteiger partial charge on any atom is -0.478 e. The number of ether oxygens (including phenoxy) is 1. The van der Waals surface area contributed by atoms with Crippen LogP contribution in [0.4, 0.5) is 0 Å². The molecule has 0 atom stereocenters. The van der Waals surface area contributed by atoms with Gasteiger partial charge in [-0.25, -0.2) is 10.2 Å². The van der Waals surface area contributed by atoms with Gasteiger partial charge in [-0.3, -0.25) is 4.79 Å². The smallest absolute Gasteiger partial charge is 0.337 e. The minimum absolute atomic E-state index is 0.124. The van der Waals surface area contributed by atoms with E-state index >= 15 is 0 Å². The fourth-order valence-corrected chi connectivity index (χ4v) is 2.14. The third-order valence-electron chi connectivity index (χ3n) is 3.06. The van der Waals surface area contributed by atoms with E-state index in [0.29, 0.717) is 17.0 Å². The second kappa shape index (κ2) is 5.43. The lowest BCUT2D eigenvalue weighted by Gasteiger charge is -2.08. The topological polar surface area (TPSA) is 104 Å². The number of aromatic carboxylic acids is 1.